The lowest BCUT2D eigenvalue weighted by Gasteiger charge is -2.23. The summed E-state index contributed by atoms with van der Waals surface area (Å²) in [5, 5.41) is 11.0. The minimum absolute atomic E-state index is 0.102. The van der Waals surface area contributed by atoms with E-state index in [9.17, 15) is 18.0 Å². The molecular formula is C9H13F3N2O2. The number of carbonyl (C=O) groups is 1. The molecule has 0 aromatic carbocycles. The van der Waals surface area contributed by atoms with E-state index in [1.165, 1.54) is 0 Å². The van der Waals surface area contributed by atoms with Crippen LogP contribution in [0.15, 0.2) is 0 Å². The van der Waals surface area contributed by atoms with Crippen molar-refractivity contribution in [2.45, 2.75) is 6.18 Å². The largest absolute Gasteiger partial charge is 0.406 e. The fraction of sp³-hybridized carbons (Fsp3) is 0.667. The van der Waals surface area contributed by atoms with Gasteiger partial charge in [0.2, 0.25) is 5.91 Å². The van der Waals surface area contributed by atoms with Gasteiger partial charge in [-0.2, -0.15) is 13.2 Å². The molecule has 4 nitrogen and oxygen atoms in total. The zero-order valence-electron chi connectivity index (χ0n) is 8.55. The lowest BCUT2D eigenvalue weighted by molar-refractivity contribution is -0.161. The maximum Gasteiger partial charge on any atom is 0.406 e. The van der Waals surface area contributed by atoms with E-state index in [2.05, 4.69) is 11.2 Å². The fourth-order valence-corrected chi connectivity index (χ4v) is 0.982. The predicted octanol–water partition coefficient (Wildman–Crippen LogP) is -0.408. The number of nitrogens with one attached hydrogen (secondary N) is 1. The summed E-state index contributed by atoms with van der Waals surface area (Å²) in [5.74, 6) is 1.44. The number of terminal acetylenes is 1. The summed E-state index contributed by atoms with van der Waals surface area (Å²) in [5.41, 5.74) is 0. The maximum atomic E-state index is 12.0. The highest BCUT2D eigenvalue weighted by Crippen LogP contribution is 2.16. The Morgan fingerprint density at radius 2 is 2.12 bits per heavy atom. The Hall–Kier alpha value is -1.26. The van der Waals surface area contributed by atoms with Gasteiger partial charge in [0, 0.05) is 6.54 Å². The van der Waals surface area contributed by atoms with Gasteiger partial charge >= 0.3 is 6.18 Å². The van der Waals surface area contributed by atoms with Crippen molar-refractivity contribution in [2.24, 2.45) is 0 Å². The minimum atomic E-state index is -4.48. The van der Waals surface area contributed by atoms with Gasteiger partial charge in [-0.3, -0.25) is 10.1 Å². The third kappa shape index (κ3) is 7.09. The van der Waals surface area contributed by atoms with Crippen LogP contribution in [0.5, 0.6) is 0 Å². The zero-order chi connectivity index (χ0) is 12.6. The Balaban J connectivity index is 4.19. The summed E-state index contributed by atoms with van der Waals surface area (Å²) in [6, 6.07) is 0. The Morgan fingerprint density at radius 1 is 1.50 bits per heavy atom. The molecule has 0 saturated heterocycles. The van der Waals surface area contributed by atoms with Crippen LogP contribution in [0, 0.1) is 12.3 Å². The quantitative estimate of drug-likeness (QED) is 0.488. The van der Waals surface area contributed by atoms with Crippen LogP contribution in [0.3, 0.4) is 0 Å². The highest BCUT2D eigenvalue weighted by molar-refractivity contribution is 5.78. The van der Waals surface area contributed by atoms with Crippen LogP contribution in [-0.2, 0) is 4.79 Å². The van der Waals surface area contributed by atoms with Crippen molar-refractivity contribution < 1.29 is 23.1 Å². The molecule has 0 radical (unpaired) electrons. The summed E-state index contributed by atoms with van der Waals surface area (Å²) in [7, 11) is 0. The zero-order valence-corrected chi connectivity index (χ0v) is 8.55. The first kappa shape index (κ1) is 14.7. The Bertz CT molecular complexity index is 260. The van der Waals surface area contributed by atoms with Gasteiger partial charge in [0.25, 0.3) is 0 Å². The molecule has 2 N–H and O–H groups in total. The number of nitrogens with zero attached hydrogens (tertiary/aromatic N) is 1. The molecule has 0 aromatic heterocycles. The monoisotopic (exact) mass is 238 g/mol. The van der Waals surface area contributed by atoms with Crippen molar-refractivity contribution in [1.82, 2.24) is 10.2 Å². The van der Waals surface area contributed by atoms with E-state index < -0.39 is 25.2 Å². The van der Waals surface area contributed by atoms with Crippen LogP contribution in [0.25, 0.3) is 0 Å². The predicted molar refractivity (Wildman–Crippen MR) is 51.4 cm³/mol. The van der Waals surface area contributed by atoms with Crippen LogP contribution < -0.4 is 5.32 Å². The molecule has 0 fully saturated rings. The van der Waals surface area contributed by atoms with Crippen LogP contribution >= 0.6 is 0 Å². The van der Waals surface area contributed by atoms with Gasteiger partial charge in [-0.15, -0.1) is 6.42 Å². The molecule has 0 rings (SSSR count). The minimum Gasteiger partial charge on any atom is -0.395 e. The van der Waals surface area contributed by atoms with Gasteiger partial charge < -0.3 is 10.0 Å². The molecule has 0 aromatic rings. The molecule has 7 heteroatoms. The third-order valence-electron chi connectivity index (χ3n) is 1.60. The molecule has 1 amide bonds. The average molecular weight is 238 g/mol. The molecule has 0 atom stereocenters. The van der Waals surface area contributed by atoms with E-state index in [4.69, 9.17) is 11.5 Å². The summed E-state index contributed by atoms with van der Waals surface area (Å²) < 4.78 is 36.1. The van der Waals surface area contributed by atoms with Gasteiger partial charge in [-0.05, 0) is 0 Å². The number of aliphatic hydroxyl groups excluding tert-OH is 1. The van der Waals surface area contributed by atoms with Gasteiger partial charge in [-0.25, -0.2) is 0 Å². The fourth-order valence-electron chi connectivity index (χ4n) is 0.982. The number of alkyl halides is 3. The summed E-state index contributed by atoms with van der Waals surface area (Å²) in [4.78, 5) is 11.8. The van der Waals surface area contributed by atoms with E-state index in [1.54, 1.807) is 0 Å². The van der Waals surface area contributed by atoms with E-state index >= 15 is 0 Å². The SMILES string of the molecule is C#CCNCC(=O)N(CCO)CC(F)(F)F. The third-order valence-corrected chi connectivity index (χ3v) is 1.60. The molecule has 0 saturated carbocycles. The average Bonchev–Trinajstić information content (AvgIpc) is 2.15. The lowest BCUT2D eigenvalue weighted by atomic mass is 10.4. The van der Waals surface area contributed by atoms with E-state index in [1.807, 2.05) is 0 Å². The Morgan fingerprint density at radius 3 is 2.56 bits per heavy atom. The summed E-state index contributed by atoms with van der Waals surface area (Å²) in [6.45, 7) is -2.41. The van der Waals surface area contributed by atoms with Crippen LogP contribution in [-0.4, -0.2) is 54.9 Å². The molecule has 0 spiro atoms. The molecule has 0 bridgehead atoms. The first-order valence-electron chi connectivity index (χ1n) is 4.50. The van der Waals surface area contributed by atoms with Gasteiger partial charge in [0.1, 0.15) is 6.54 Å². The molecule has 0 aliphatic heterocycles. The highest BCUT2D eigenvalue weighted by Gasteiger charge is 2.32. The molecule has 92 valence electrons. The van der Waals surface area contributed by atoms with Gasteiger partial charge in [0.15, 0.2) is 0 Å². The summed E-state index contributed by atoms with van der Waals surface area (Å²) in [6.07, 6.45) is 0.419. The number of rotatable bonds is 6. The van der Waals surface area contributed by atoms with Crippen molar-refractivity contribution in [3.05, 3.63) is 0 Å². The lowest BCUT2D eigenvalue weighted by Crippen LogP contribution is -2.44. The number of carbonyl (C=O) groups excluding carboxylic acids is 1. The van der Waals surface area contributed by atoms with Crippen molar-refractivity contribution >= 4 is 5.91 Å². The van der Waals surface area contributed by atoms with Crippen molar-refractivity contribution in [2.75, 3.05) is 32.8 Å². The van der Waals surface area contributed by atoms with Crippen LogP contribution in [0.4, 0.5) is 13.2 Å². The number of aliphatic hydroxyl groups is 1. The molecule has 0 aliphatic carbocycles. The van der Waals surface area contributed by atoms with Crippen molar-refractivity contribution in [3.8, 4) is 12.3 Å². The van der Waals surface area contributed by atoms with E-state index in [0.29, 0.717) is 4.90 Å². The molecule has 0 heterocycles. The second-order valence-corrected chi connectivity index (χ2v) is 2.96. The number of halogens is 3. The smallest absolute Gasteiger partial charge is 0.395 e. The number of amides is 1. The standard InChI is InChI=1S/C9H13F3N2O2/c1-2-3-13-6-8(16)14(4-5-15)7-9(10,11)12/h1,13,15H,3-7H2. The molecule has 0 aliphatic rings. The normalized spacial score (nSPS) is 10.9. The molecule has 0 unspecified atom stereocenters. The van der Waals surface area contributed by atoms with E-state index in [-0.39, 0.29) is 19.6 Å². The second kappa shape index (κ2) is 7.09. The molecular weight excluding hydrogens is 225 g/mol. The van der Waals surface area contributed by atoms with Crippen molar-refractivity contribution in [3.63, 3.8) is 0 Å². The number of hydrogen-bond donors (Lipinski definition) is 2. The van der Waals surface area contributed by atoms with Crippen LogP contribution in [0.2, 0.25) is 0 Å². The van der Waals surface area contributed by atoms with E-state index in [0.717, 1.165) is 0 Å². The Kier molecular flexibility index (Phi) is 6.53. The molecule has 16 heavy (non-hydrogen) atoms. The second-order valence-electron chi connectivity index (χ2n) is 2.96. The first-order chi connectivity index (χ1) is 7.40. The van der Waals surface area contributed by atoms with Crippen LogP contribution in [0.1, 0.15) is 0 Å². The number of hydrogen-bond acceptors (Lipinski definition) is 3. The van der Waals surface area contributed by atoms with Gasteiger partial charge in [0.05, 0.1) is 19.7 Å². The topological polar surface area (TPSA) is 52.6 Å². The summed E-state index contributed by atoms with van der Waals surface area (Å²) >= 11 is 0. The van der Waals surface area contributed by atoms with Gasteiger partial charge in [-0.1, -0.05) is 5.92 Å². The highest BCUT2D eigenvalue weighted by atomic mass is 19.4. The van der Waals surface area contributed by atoms with Crippen molar-refractivity contribution in [1.29, 1.82) is 0 Å². The first-order valence-corrected chi connectivity index (χ1v) is 4.50. The Labute approximate surface area is 91.4 Å². The maximum absolute atomic E-state index is 12.0.